The van der Waals surface area contributed by atoms with Gasteiger partial charge in [0, 0.05) is 0 Å². The lowest BCUT2D eigenvalue weighted by Crippen LogP contribution is -2.04. The number of hydrogen-bond donors (Lipinski definition) is 2. The lowest BCUT2D eigenvalue weighted by Gasteiger charge is -2.10. The van der Waals surface area contributed by atoms with Crippen LogP contribution in [0.15, 0.2) is 0 Å². The van der Waals surface area contributed by atoms with Gasteiger partial charge in [-0.1, -0.05) is 39.5 Å². The highest BCUT2D eigenvalue weighted by molar-refractivity contribution is 4.54. The Morgan fingerprint density at radius 2 is 1.58 bits per heavy atom. The molecule has 0 heterocycles. The van der Waals surface area contributed by atoms with Crippen molar-refractivity contribution in [3.05, 3.63) is 0 Å². The largest absolute Gasteiger partial charge is 0.368 e. The van der Waals surface area contributed by atoms with E-state index in [4.69, 9.17) is 10.2 Å². The predicted octanol–water partition coefficient (Wildman–Crippen LogP) is 2.29. The second kappa shape index (κ2) is 7.56. The average molecular weight is 174 g/mol. The van der Waals surface area contributed by atoms with Crippen molar-refractivity contribution in [1.29, 1.82) is 0 Å². The first-order valence-corrected chi connectivity index (χ1v) is 5.03. The maximum absolute atomic E-state index is 8.60. The molecule has 0 saturated heterocycles. The van der Waals surface area contributed by atoms with Gasteiger partial charge >= 0.3 is 0 Å². The fourth-order valence-corrected chi connectivity index (χ4v) is 1.35. The highest BCUT2D eigenvalue weighted by atomic mass is 16.5. The topological polar surface area (TPSA) is 40.5 Å². The standard InChI is InChI=1S/C10H22O2/c1-3-4-6-9(2)7-5-8-10(11)12/h9-12H,3-8H2,1-2H3. The second-order valence-electron chi connectivity index (χ2n) is 3.66. The molecule has 0 radical (unpaired) electrons. The molecule has 1 atom stereocenters. The highest BCUT2D eigenvalue weighted by Crippen LogP contribution is 2.15. The minimum absolute atomic E-state index is 0.524. The number of rotatable bonds is 7. The van der Waals surface area contributed by atoms with Gasteiger partial charge in [0.15, 0.2) is 6.29 Å². The first-order valence-electron chi connectivity index (χ1n) is 5.03. The van der Waals surface area contributed by atoms with Crippen LogP contribution in [0.5, 0.6) is 0 Å². The van der Waals surface area contributed by atoms with Gasteiger partial charge < -0.3 is 10.2 Å². The van der Waals surface area contributed by atoms with Crippen molar-refractivity contribution < 1.29 is 10.2 Å². The molecule has 0 aliphatic heterocycles. The van der Waals surface area contributed by atoms with Gasteiger partial charge in [0.05, 0.1) is 0 Å². The van der Waals surface area contributed by atoms with Crippen LogP contribution < -0.4 is 0 Å². The lowest BCUT2D eigenvalue weighted by molar-refractivity contribution is -0.0470. The summed E-state index contributed by atoms with van der Waals surface area (Å²) in [6.45, 7) is 4.43. The molecule has 0 aliphatic rings. The summed E-state index contributed by atoms with van der Waals surface area (Å²) in [6.07, 6.45) is 5.30. The van der Waals surface area contributed by atoms with Crippen molar-refractivity contribution >= 4 is 0 Å². The van der Waals surface area contributed by atoms with E-state index in [1.54, 1.807) is 0 Å². The summed E-state index contributed by atoms with van der Waals surface area (Å²) in [6, 6.07) is 0. The summed E-state index contributed by atoms with van der Waals surface area (Å²) < 4.78 is 0. The number of unbranched alkanes of at least 4 members (excludes halogenated alkanes) is 1. The maximum atomic E-state index is 8.60. The fraction of sp³-hybridized carbons (Fsp3) is 1.00. The van der Waals surface area contributed by atoms with Crippen molar-refractivity contribution in [2.45, 2.75) is 58.7 Å². The van der Waals surface area contributed by atoms with Crippen LogP contribution in [0.25, 0.3) is 0 Å². The van der Waals surface area contributed by atoms with Crippen molar-refractivity contribution in [2.75, 3.05) is 0 Å². The molecule has 0 aromatic rings. The number of aliphatic hydroxyl groups excluding tert-OH is 1. The second-order valence-corrected chi connectivity index (χ2v) is 3.66. The smallest absolute Gasteiger partial charge is 0.151 e. The van der Waals surface area contributed by atoms with E-state index in [0.29, 0.717) is 6.42 Å². The molecule has 0 aromatic carbocycles. The zero-order chi connectivity index (χ0) is 9.40. The highest BCUT2D eigenvalue weighted by Gasteiger charge is 2.03. The van der Waals surface area contributed by atoms with Gasteiger partial charge in [-0.3, -0.25) is 0 Å². The van der Waals surface area contributed by atoms with E-state index < -0.39 is 6.29 Å². The molecular weight excluding hydrogens is 152 g/mol. The van der Waals surface area contributed by atoms with E-state index in [-0.39, 0.29) is 0 Å². The molecule has 2 N–H and O–H groups in total. The third-order valence-electron chi connectivity index (χ3n) is 2.21. The Hall–Kier alpha value is -0.0800. The third kappa shape index (κ3) is 8.02. The van der Waals surface area contributed by atoms with Gasteiger partial charge in [0.1, 0.15) is 0 Å². The van der Waals surface area contributed by atoms with Crippen molar-refractivity contribution in [1.82, 2.24) is 0 Å². The summed E-state index contributed by atoms with van der Waals surface area (Å²) in [5, 5.41) is 17.2. The molecule has 1 unspecified atom stereocenters. The van der Waals surface area contributed by atoms with Crippen LogP contribution in [-0.4, -0.2) is 16.5 Å². The quantitative estimate of drug-likeness (QED) is 0.581. The van der Waals surface area contributed by atoms with E-state index in [9.17, 15) is 0 Å². The van der Waals surface area contributed by atoms with E-state index in [2.05, 4.69) is 13.8 Å². The van der Waals surface area contributed by atoms with Crippen molar-refractivity contribution in [3.8, 4) is 0 Å². The van der Waals surface area contributed by atoms with Crippen LogP contribution in [0.1, 0.15) is 52.4 Å². The Morgan fingerprint density at radius 3 is 2.08 bits per heavy atom. The Balaban J connectivity index is 3.13. The Labute approximate surface area is 75.6 Å². The lowest BCUT2D eigenvalue weighted by atomic mass is 9.98. The SMILES string of the molecule is CCCCC(C)CCCC(O)O. The Bertz CT molecular complexity index is 91.8. The van der Waals surface area contributed by atoms with Crippen LogP contribution in [0.2, 0.25) is 0 Å². The summed E-state index contributed by atoms with van der Waals surface area (Å²) in [5.41, 5.74) is 0. The van der Waals surface area contributed by atoms with Gasteiger partial charge in [-0.15, -0.1) is 0 Å². The molecule has 12 heavy (non-hydrogen) atoms. The Kier molecular flexibility index (Phi) is 7.51. The zero-order valence-corrected chi connectivity index (χ0v) is 8.29. The van der Waals surface area contributed by atoms with E-state index >= 15 is 0 Å². The van der Waals surface area contributed by atoms with Gasteiger partial charge in [-0.05, 0) is 18.8 Å². The van der Waals surface area contributed by atoms with Crippen LogP contribution in [-0.2, 0) is 0 Å². The first-order chi connectivity index (χ1) is 5.66. The summed E-state index contributed by atoms with van der Waals surface area (Å²) in [7, 11) is 0. The Morgan fingerprint density at radius 1 is 1.00 bits per heavy atom. The summed E-state index contributed by atoms with van der Waals surface area (Å²) in [4.78, 5) is 0. The molecule has 2 heteroatoms. The molecular formula is C10H22O2. The molecule has 0 amide bonds. The van der Waals surface area contributed by atoms with Gasteiger partial charge in [-0.25, -0.2) is 0 Å². The molecule has 0 fully saturated rings. The molecule has 0 saturated carbocycles. The minimum Gasteiger partial charge on any atom is -0.368 e. The normalized spacial score (nSPS) is 13.8. The molecule has 0 rings (SSSR count). The van der Waals surface area contributed by atoms with E-state index in [1.807, 2.05) is 0 Å². The zero-order valence-electron chi connectivity index (χ0n) is 8.29. The molecule has 0 aromatic heterocycles. The van der Waals surface area contributed by atoms with Crippen LogP contribution >= 0.6 is 0 Å². The van der Waals surface area contributed by atoms with Crippen LogP contribution in [0, 0.1) is 5.92 Å². The van der Waals surface area contributed by atoms with Gasteiger partial charge in [0.25, 0.3) is 0 Å². The van der Waals surface area contributed by atoms with Crippen LogP contribution in [0.4, 0.5) is 0 Å². The molecule has 2 nitrogen and oxygen atoms in total. The van der Waals surface area contributed by atoms with Gasteiger partial charge in [0.2, 0.25) is 0 Å². The van der Waals surface area contributed by atoms with Crippen LogP contribution in [0.3, 0.4) is 0 Å². The summed E-state index contributed by atoms with van der Waals surface area (Å²) in [5.74, 6) is 0.740. The predicted molar refractivity (Wildman–Crippen MR) is 50.8 cm³/mol. The third-order valence-corrected chi connectivity index (χ3v) is 2.21. The fourth-order valence-electron chi connectivity index (χ4n) is 1.35. The molecule has 0 spiro atoms. The maximum Gasteiger partial charge on any atom is 0.151 e. The van der Waals surface area contributed by atoms with Crippen molar-refractivity contribution in [2.24, 2.45) is 5.92 Å². The monoisotopic (exact) mass is 174 g/mol. The van der Waals surface area contributed by atoms with Crippen molar-refractivity contribution in [3.63, 3.8) is 0 Å². The summed E-state index contributed by atoms with van der Waals surface area (Å²) >= 11 is 0. The molecule has 74 valence electrons. The first kappa shape index (κ1) is 11.9. The van der Waals surface area contributed by atoms with E-state index in [1.165, 1.54) is 19.3 Å². The number of aliphatic hydroxyl groups is 2. The average Bonchev–Trinajstić information content (AvgIpc) is 2.00. The minimum atomic E-state index is -1.11. The van der Waals surface area contributed by atoms with Gasteiger partial charge in [-0.2, -0.15) is 0 Å². The molecule has 0 bridgehead atoms. The number of hydrogen-bond acceptors (Lipinski definition) is 2. The van der Waals surface area contributed by atoms with E-state index in [0.717, 1.165) is 18.8 Å². The molecule has 0 aliphatic carbocycles.